The Bertz CT molecular complexity index is 952. The van der Waals surface area contributed by atoms with Crippen molar-refractivity contribution < 1.29 is 9.47 Å². The molecular weight excluding hydrogens is 390 g/mol. The van der Waals surface area contributed by atoms with Gasteiger partial charge in [-0.3, -0.25) is 14.9 Å². The maximum Gasteiger partial charge on any atom is 0.163 e. The molecule has 3 rings (SSSR count). The number of nitrogens with zero attached hydrogens (tertiary/aromatic N) is 3. The van der Waals surface area contributed by atoms with E-state index in [0.717, 1.165) is 28.4 Å². The molecule has 2 heterocycles. The normalized spacial score (nSPS) is 11.4. The number of benzene rings is 1. The van der Waals surface area contributed by atoms with Crippen molar-refractivity contribution in [2.45, 2.75) is 20.0 Å². The molecule has 0 atom stereocenters. The number of rotatable bonds is 10. The van der Waals surface area contributed by atoms with Gasteiger partial charge < -0.3 is 20.5 Å². The van der Waals surface area contributed by atoms with Crippen molar-refractivity contribution in [1.82, 2.24) is 14.9 Å². The van der Waals surface area contributed by atoms with Crippen molar-refractivity contribution in [3.8, 4) is 11.5 Å². The average Bonchev–Trinajstić information content (AvgIpc) is 2.78. The standard InChI is InChI=1S/C24H29N5O2/c1-18-12-22(13-23(30-2)24(18)31-3)28-14-19(25)15-29(16-20-8-4-6-10-26-20)17-21-9-5-7-11-27-21/h4-14,28H,15-17,25H2,1-3H3/b19-14-. The number of aromatic nitrogens is 2. The van der Waals surface area contributed by atoms with Crippen LogP contribution in [0.15, 0.2) is 72.8 Å². The van der Waals surface area contributed by atoms with E-state index in [0.29, 0.717) is 31.1 Å². The zero-order valence-electron chi connectivity index (χ0n) is 18.2. The summed E-state index contributed by atoms with van der Waals surface area (Å²) in [6, 6.07) is 15.7. The van der Waals surface area contributed by atoms with Crippen LogP contribution in [0, 0.1) is 6.92 Å². The lowest BCUT2D eigenvalue weighted by atomic mass is 10.2. The van der Waals surface area contributed by atoms with Gasteiger partial charge in [-0.25, -0.2) is 0 Å². The number of nitrogens with two attached hydrogens (primary N) is 1. The zero-order valence-corrected chi connectivity index (χ0v) is 18.2. The van der Waals surface area contributed by atoms with Gasteiger partial charge in [0.05, 0.1) is 25.6 Å². The van der Waals surface area contributed by atoms with Gasteiger partial charge in [0.2, 0.25) is 0 Å². The number of anilines is 1. The largest absolute Gasteiger partial charge is 0.493 e. The number of pyridine rings is 2. The summed E-state index contributed by atoms with van der Waals surface area (Å²) >= 11 is 0. The van der Waals surface area contributed by atoms with E-state index < -0.39 is 0 Å². The molecule has 0 unspecified atom stereocenters. The van der Waals surface area contributed by atoms with E-state index in [-0.39, 0.29) is 0 Å². The van der Waals surface area contributed by atoms with Crippen LogP contribution in [0.4, 0.5) is 5.69 Å². The smallest absolute Gasteiger partial charge is 0.163 e. The first-order chi connectivity index (χ1) is 15.1. The van der Waals surface area contributed by atoms with Gasteiger partial charge in [0.25, 0.3) is 0 Å². The fourth-order valence-electron chi connectivity index (χ4n) is 3.33. The lowest BCUT2D eigenvalue weighted by Gasteiger charge is -2.22. The molecule has 7 heteroatoms. The fourth-order valence-corrected chi connectivity index (χ4v) is 3.33. The highest BCUT2D eigenvalue weighted by Gasteiger charge is 2.11. The van der Waals surface area contributed by atoms with Gasteiger partial charge in [-0.1, -0.05) is 12.1 Å². The van der Waals surface area contributed by atoms with E-state index in [1.165, 1.54) is 0 Å². The molecule has 0 bridgehead atoms. The molecule has 0 saturated heterocycles. The highest BCUT2D eigenvalue weighted by atomic mass is 16.5. The number of hydrogen-bond acceptors (Lipinski definition) is 7. The molecule has 0 aliphatic rings. The molecule has 0 amide bonds. The van der Waals surface area contributed by atoms with E-state index in [1.54, 1.807) is 26.6 Å². The van der Waals surface area contributed by atoms with Crippen LogP contribution >= 0.6 is 0 Å². The first-order valence-corrected chi connectivity index (χ1v) is 10.0. The average molecular weight is 420 g/mol. The third-order valence-electron chi connectivity index (χ3n) is 4.72. The minimum absolute atomic E-state index is 0.562. The van der Waals surface area contributed by atoms with E-state index in [1.807, 2.05) is 61.7 Å². The Labute approximate surface area is 183 Å². The molecule has 0 fully saturated rings. The molecule has 0 aliphatic heterocycles. The minimum Gasteiger partial charge on any atom is -0.493 e. The lowest BCUT2D eigenvalue weighted by molar-refractivity contribution is 0.272. The molecule has 1 aromatic carbocycles. The second-order valence-electron chi connectivity index (χ2n) is 7.18. The minimum atomic E-state index is 0.562. The lowest BCUT2D eigenvalue weighted by Crippen LogP contribution is -2.28. The summed E-state index contributed by atoms with van der Waals surface area (Å²) in [6.45, 7) is 3.87. The van der Waals surface area contributed by atoms with Crippen molar-refractivity contribution in [3.05, 3.63) is 89.8 Å². The topological polar surface area (TPSA) is 85.5 Å². The Balaban J connectivity index is 1.72. The molecule has 0 radical (unpaired) electrons. The Morgan fingerprint density at radius 2 is 1.65 bits per heavy atom. The van der Waals surface area contributed by atoms with Crippen LogP contribution < -0.4 is 20.5 Å². The van der Waals surface area contributed by atoms with E-state index in [4.69, 9.17) is 15.2 Å². The SMILES string of the molecule is COc1cc(N/C=C(\N)CN(Cc2ccccn2)Cc2ccccn2)cc(C)c1OC. The Hall–Kier alpha value is -3.58. The molecule has 0 spiro atoms. The third-order valence-corrected chi connectivity index (χ3v) is 4.72. The van der Waals surface area contributed by atoms with Crippen LogP contribution in [0.3, 0.4) is 0 Å². The molecular formula is C24H29N5O2. The third kappa shape index (κ3) is 6.45. The number of nitrogens with one attached hydrogen (secondary N) is 1. The van der Waals surface area contributed by atoms with Gasteiger partial charge >= 0.3 is 0 Å². The second-order valence-corrected chi connectivity index (χ2v) is 7.18. The summed E-state index contributed by atoms with van der Waals surface area (Å²) in [4.78, 5) is 11.1. The van der Waals surface area contributed by atoms with Crippen molar-refractivity contribution in [2.24, 2.45) is 5.73 Å². The van der Waals surface area contributed by atoms with Gasteiger partial charge in [0.15, 0.2) is 11.5 Å². The van der Waals surface area contributed by atoms with Crippen LogP contribution in [0.5, 0.6) is 11.5 Å². The van der Waals surface area contributed by atoms with Gasteiger partial charge in [-0.2, -0.15) is 0 Å². The van der Waals surface area contributed by atoms with Crippen LogP contribution in [0.1, 0.15) is 17.0 Å². The molecule has 7 nitrogen and oxygen atoms in total. The van der Waals surface area contributed by atoms with Gasteiger partial charge in [-0.05, 0) is 42.8 Å². The van der Waals surface area contributed by atoms with Crippen molar-refractivity contribution in [2.75, 3.05) is 26.1 Å². The molecule has 162 valence electrons. The molecule has 0 aliphatic carbocycles. The number of methoxy groups -OCH3 is 2. The summed E-state index contributed by atoms with van der Waals surface area (Å²) < 4.78 is 10.8. The van der Waals surface area contributed by atoms with Crippen molar-refractivity contribution in [1.29, 1.82) is 0 Å². The van der Waals surface area contributed by atoms with Gasteiger partial charge in [-0.15, -0.1) is 0 Å². The van der Waals surface area contributed by atoms with Crippen molar-refractivity contribution >= 4 is 5.69 Å². The first kappa shape index (κ1) is 22.1. The quantitative estimate of drug-likeness (QED) is 0.518. The van der Waals surface area contributed by atoms with E-state index in [9.17, 15) is 0 Å². The molecule has 0 saturated carbocycles. The van der Waals surface area contributed by atoms with Gasteiger partial charge in [0.1, 0.15) is 0 Å². The highest BCUT2D eigenvalue weighted by molar-refractivity contribution is 5.60. The fraction of sp³-hybridized carbons (Fsp3) is 0.250. The first-order valence-electron chi connectivity index (χ1n) is 10.0. The maximum atomic E-state index is 6.35. The second kappa shape index (κ2) is 11.0. The van der Waals surface area contributed by atoms with Crippen LogP contribution in [0.25, 0.3) is 0 Å². The molecule has 31 heavy (non-hydrogen) atoms. The molecule has 2 aromatic heterocycles. The van der Waals surface area contributed by atoms with Crippen LogP contribution in [0.2, 0.25) is 0 Å². The summed E-state index contributed by atoms with van der Waals surface area (Å²) in [5.41, 5.74) is 10.9. The van der Waals surface area contributed by atoms with Crippen molar-refractivity contribution in [3.63, 3.8) is 0 Å². The Morgan fingerprint density at radius 3 is 2.16 bits per heavy atom. The molecule has 3 N–H and O–H groups in total. The Kier molecular flexibility index (Phi) is 7.84. The summed E-state index contributed by atoms with van der Waals surface area (Å²) in [7, 11) is 3.26. The maximum absolute atomic E-state index is 6.35. The highest BCUT2D eigenvalue weighted by Crippen LogP contribution is 2.34. The van der Waals surface area contributed by atoms with Crippen LogP contribution in [-0.4, -0.2) is 35.6 Å². The summed E-state index contributed by atoms with van der Waals surface area (Å²) in [5, 5.41) is 3.26. The number of aryl methyl sites for hydroxylation is 1. The van der Waals surface area contributed by atoms with E-state index >= 15 is 0 Å². The monoisotopic (exact) mass is 419 g/mol. The van der Waals surface area contributed by atoms with E-state index in [2.05, 4.69) is 20.2 Å². The molecule has 3 aromatic rings. The number of ether oxygens (including phenoxy) is 2. The van der Waals surface area contributed by atoms with Gasteiger partial charge in [0, 0.05) is 55.7 Å². The summed E-state index contributed by atoms with van der Waals surface area (Å²) in [6.07, 6.45) is 5.41. The summed E-state index contributed by atoms with van der Waals surface area (Å²) in [5.74, 6) is 1.39. The predicted molar refractivity (Wildman–Crippen MR) is 123 cm³/mol. The Morgan fingerprint density at radius 1 is 1.00 bits per heavy atom. The zero-order chi connectivity index (χ0) is 22.1. The number of hydrogen-bond donors (Lipinski definition) is 2. The predicted octanol–water partition coefficient (Wildman–Crippen LogP) is 3.72. The van der Waals surface area contributed by atoms with Crippen LogP contribution in [-0.2, 0) is 13.1 Å².